The van der Waals surface area contributed by atoms with Crippen LogP contribution in [0.3, 0.4) is 0 Å². The van der Waals surface area contributed by atoms with Crippen molar-refractivity contribution >= 4 is 29.1 Å². The molecule has 0 unspecified atom stereocenters. The van der Waals surface area contributed by atoms with Gasteiger partial charge >= 0.3 is 11.2 Å². The third-order valence-corrected chi connectivity index (χ3v) is 4.13. The molecular formula is C17H14N8O3S. The highest BCUT2D eigenvalue weighted by Crippen LogP contribution is 2.22. The molecule has 3 heterocycles. The summed E-state index contributed by atoms with van der Waals surface area (Å²) in [6.45, 7) is 0. The summed E-state index contributed by atoms with van der Waals surface area (Å²) in [4.78, 5) is 28.4. The summed E-state index contributed by atoms with van der Waals surface area (Å²) in [5.41, 5.74) is 0.612. The van der Waals surface area contributed by atoms with Crippen LogP contribution in [0.1, 0.15) is 0 Å². The quantitative estimate of drug-likeness (QED) is 0.496. The molecule has 11 nitrogen and oxygen atoms in total. The fraction of sp³-hybridized carbons (Fsp3) is 0.0588. The van der Waals surface area contributed by atoms with Crippen LogP contribution in [0.5, 0.6) is 16.8 Å². The highest BCUT2D eigenvalue weighted by molar-refractivity contribution is 7.07. The van der Waals surface area contributed by atoms with Crippen LogP contribution < -0.4 is 20.1 Å². The Balaban J connectivity index is 1.33. The molecule has 29 heavy (non-hydrogen) atoms. The molecule has 0 fully saturated rings. The van der Waals surface area contributed by atoms with Crippen LogP contribution in [0.2, 0.25) is 0 Å². The lowest BCUT2D eigenvalue weighted by molar-refractivity contribution is 0.262. The number of methoxy groups -OCH3 is 1. The fourth-order valence-corrected chi connectivity index (χ4v) is 2.74. The van der Waals surface area contributed by atoms with E-state index in [0.29, 0.717) is 22.6 Å². The molecule has 0 saturated heterocycles. The summed E-state index contributed by atoms with van der Waals surface area (Å²) in [5.74, 6) is 1.63. The number of hydrogen-bond acceptors (Lipinski definition) is 9. The number of carbonyl (C=O) groups is 1. The summed E-state index contributed by atoms with van der Waals surface area (Å²) in [7, 11) is 1.57. The second-order valence-corrected chi connectivity index (χ2v) is 6.19. The maximum atomic E-state index is 12.1. The van der Waals surface area contributed by atoms with Crippen LogP contribution in [-0.4, -0.2) is 42.0 Å². The van der Waals surface area contributed by atoms with E-state index < -0.39 is 6.03 Å². The lowest BCUT2D eigenvalue weighted by Gasteiger charge is -2.08. The lowest BCUT2D eigenvalue weighted by Crippen LogP contribution is -2.20. The first-order valence-corrected chi connectivity index (χ1v) is 9.01. The number of nitrogens with one attached hydrogen (secondary N) is 2. The van der Waals surface area contributed by atoms with Crippen LogP contribution in [-0.2, 0) is 0 Å². The van der Waals surface area contributed by atoms with Crippen molar-refractivity contribution in [2.45, 2.75) is 0 Å². The molecule has 0 aliphatic heterocycles. The van der Waals surface area contributed by atoms with E-state index in [1.165, 1.54) is 12.4 Å². The zero-order valence-electron chi connectivity index (χ0n) is 15.0. The zero-order chi connectivity index (χ0) is 20.1. The van der Waals surface area contributed by atoms with E-state index in [9.17, 15) is 4.79 Å². The molecule has 2 amide bonds. The van der Waals surface area contributed by atoms with Crippen molar-refractivity contribution in [1.29, 1.82) is 0 Å². The van der Waals surface area contributed by atoms with Gasteiger partial charge in [0.05, 0.1) is 19.5 Å². The number of amides is 2. The molecule has 0 radical (unpaired) electrons. The second-order valence-electron chi connectivity index (χ2n) is 5.48. The van der Waals surface area contributed by atoms with E-state index in [-0.39, 0.29) is 11.7 Å². The third kappa shape index (κ3) is 4.62. The number of ether oxygens (including phenoxy) is 2. The first-order valence-electron chi connectivity index (χ1n) is 8.23. The molecule has 12 heteroatoms. The van der Waals surface area contributed by atoms with Gasteiger partial charge < -0.3 is 14.8 Å². The number of hydrogen-bond donors (Lipinski definition) is 2. The number of urea groups is 1. The molecule has 146 valence electrons. The van der Waals surface area contributed by atoms with Gasteiger partial charge in [0.25, 0.3) is 0 Å². The molecule has 2 N–H and O–H groups in total. The van der Waals surface area contributed by atoms with E-state index in [2.05, 4.69) is 34.9 Å². The molecule has 3 aromatic heterocycles. The molecular weight excluding hydrogens is 396 g/mol. The van der Waals surface area contributed by atoms with Crippen molar-refractivity contribution in [2.24, 2.45) is 0 Å². The molecule has 0 atom stereocenters. The predicted molar refractivity (Wildman–Crippen MR) is 105 cm³/mol. The average Bonchev–Trinajstić information content (AvgIpc) is 3.42. The smallest absolute Gasteiger partial charge is 0.324 e. The average molecular weight is 410 g/mol. The maximum Gasteiger partial charge on any atom is 0.324 e. The Morgan fingerprint density at radius 1 is 1.14 bits per heavy atom. The van der Waals surface area contributed by atoms with Gasteiger partial charge in [-0.15, -0.1) is 4.37 Å². The van der Waals surface area contributed by atoms with Crippen molar-refractivity contribution in [3.8, 4) is 22.8 Å². The summed E-state index contributed by atoms with van der Waals surface area (Å²) in [6.07, 6.45) is 7.69. The minimum atomic E-state index is -0.452. The number of carbonyl (C=O) groups excluding carboxylic acids is 1. The third-order valence-electron chi connectivity index (χ3n) is 3.54. The summed E-state index contributed by atoms with van der Waals surface area (Å²) in [5, 5.41) is 5.58. The van der Waals surface area contributed by atoms with Crippen molar-refractivity contribution in [3.05, 3.63) is 55.4 Å². The molecule has 0 aliphatic carbocycles. The van der Waals surface area contributed by atoms with Crippen molar-refractivity contribution in [1.82, 2.24) is 28.9 Å². The monoisotopic (exact) mass is 410 g/mol. The van der Waals surface area contributed by atoms with Crippen LogP contribution in [0.25, 0.3) is 5.95 Å². The van der Waals surface area contributed by atoms with Gasteiger partial charge in [-0.2, -0.15) is 4.98 Å². The topological polar surface area (TPSA) is 129 Å². The SMILES string of the molecule is COc1ccc(NC(=O)Nc2cnc(Oc3nc(-n4ccnc4)ns3)cn2)cc1. The predicted octanol–water partition coefficient (Wildman–Crippen LogP) is 2.96. The normalized spacial score (nSPS) is 10.4. The number of rotatable bonds is 6. The Bertz CT molecular complexity index is 1080. The van der Waals surface area contributed by atoms with Crippen LogP contribution >= 0.6 is 11.5 Å². The number of anilines is 2. The van der Waals surface area contributed by atoms with Gasteiger partial charge in [-0.05, 0) is 24.3 Å². The summed E-state index contributed by atoms with van der Waals surface area (Å²) < 4.78 is 16.4. The minimum absolute atomic E-state index is 0.222. The van der Waals surface area contributed by atoms with Crippen LogP contribution in [0.15, 0.2) is 55.4 Å². The highest BCUT2D eigenvalue weighted by Gasteiger charge is 2.10. The number of aromatic nitrogens is 6. The fourth-order valence-electron chi connectivity index (χ4n) is 2.20. The number of nitrogens with zero attached hydrogens (tertiary/aromatic N) is 6. The molecule has 4 rings (SSSR count). The van der Waals surface area contributed by atoms with Crippen molar-refractivity contribution in [2.75, 3.05) is 17.7 Å². The molecule has 1 aromatic carbocycles. The van der Waals surface area contributed by atoms with Gasteiger partial charge in [0.2, 0.25) is 11.8 Å². The van der Waals surface area contributed by atoms with Gasteiger partial charge in [0.1, 0.15) is 12.1 Å². The van der Waals surface area contributed by atoms with E-state index >= 15 is 0 Å². The van der Waals surface area contributed by atoms with E-state index in [4.69, 9.17) is 9.47 Å². The Morgan fingerprint density at radius 2 is 2.00 bits per heavy atom. The van der Waals surface area contributed by atoms with Crippen molar-refractivity contribution in [3.63, 3.8) is 0 Å². The van der Waals surface area contributed by atoms with Gasteiger partial charge in [-0.3, -0.25) is 9.88 Å². The van der Waals surface area contributed by atoms with Crippen LogP contribution in [0, 0.1) is 0 Å². The number of benzene rings is 1. The minimum Gasteiger partial charge on any atom is -0.497 e. The number of imidazole rings is 1. The molecule has 0 saturated carbocycles. The Labute approximate surface area is 168 Å². The Morgan fingerprint density at radius 3 is 2.69 bits per heavy atom. The standard InChI is InChI=1S/C17H14N8O3S/c1-27-12-4-2-11(3-5-12)21-16(26)22-13-8-20-14(9-19-13)28-17-23-15(24-29-17)25-7-6-18-10-25/h2-10H,1H3,(H2,19,21,22,26). The largest absolute Gasteiger partial charge is 0.497 e. The molecule has 0 bridgehead atoms. The van der Waals surface area contributed by atoms with E-state index in [0.717, 1.165) is 11.5 Å². The lowest BCUT2D eigenvalue weighted by atomic mass is 10.3. The first kappa shape index (κ1) is 18.3. The highest BCUT2D eigenvalue weighted by atomic mass is 32.1. The van der Waals surface area contributed by atoms with Gasteiger partial charge in [0, 0.05) is 29.6 Å². The molecule has 0 spiro atoms. The van der Waals surface area contributed by atoms with Crippen LogP contribution in [0.4, 0.5) is 16.3 Å². The maximum absolute atomic E-state index is 12.1. The Kier molecular flexibility index (Phi) is 5.25. The first-order chi connectivity index (χ1) is 14.2. The molecule has 0 aliphatic rings. The van der Waals surface area contributed by atoms with E-state index in [1.54, 1.807) is 54.7 Å². The van der Waals surface area contributed by atoms with Gasteiger partial charge in [-0.1, -0.05) is 0 Å². The zero-order valence-corrected chi connectivity index (χ0v) is 15.8. The van der Waals surface area contributed by atoms with Crippen molar-refractivity contribution < 1.29 is 14.3 Å². The van der Waals surface area contributed by atoms with Gasteiger partial charge in [0.15, 0.2) is 5.82 Å². The summed E-state index contributed by atoms with van der Waals surface area (Å²) in [6, 6.07) is 6.48. The van der Waals surface area contributed by atoms with Gasteiger partial charge in [-0.25, -0.2) is 19.7 Å². The summed E-state index contributed by atoms with van der Waals surface area (Å²) >= 11 is 1.07. The Hall–Kier alpha value is -4.06. The van der Waals surface area contributed by atoms with E-state index in [1.807, 2.05) is 0 Å². The second kappa shape index (κ2) is 8.31. The molecule has 4 aromatic rings.